The summed E-state index contributed by atoms with van der Waals surface area (Å²) in [5.74, 6) is 2.27. The van der Waals surface area contributed by atoms with Crippen molar-refractivity contribution in [2.45, 2.75) is 31.8 Å². The van der Waals surface area contributed by atoms with Crippen LogP contribution >= 0.6 is 0 Å². The van der Waals surface area contributed by atoms with Gasteiger partial charge in [-0.25, -0.2) is 0 Å². The van der Waals surface area contributed by atoms with E-state index in [1.54, 1.807) is 42.3 Å². The van der Waals surface area contributed by atoms with Gasteiger partial charge in [-0.05, 0) is 31.2 Å². The van der Waals surface area contributed by atoms with Crippen molar-refractivity contribution in [1.82, 2.24) is 4.90 Å². The fraction of sp³-hybridized carbons (Fsp3) is 0.400. The summed E-state index contributed by atoms with van der Waals surface area (Å²) in [5, 5.41) is 0. The van der Waals surface area contributed by atoms with Gasteiger partial charge in [0.15, 0.2) is 11.5 Å². The van der Waals surface area contributed by atoms with Crippen LogP contribution in [0, 0.1) is 6.92 Å². The molecule has 2 aliphatic heterocycles. The lowest BCUT2D eigenvalue weighted by Gasteiger charge is -2.43. The molecule has 0 saturated carbocycles. The number of hydrogen-bond acceptors (Lipinski definition) is 5. The fourth-order valence-electron chi connectivity index (χ4n) is 3.70. The molecule has 0 N–H and O–H groups in total. The van der Waals surface area contributed by atoms with E-state index in [2.05, 4.69) is 0 Å². The average Bonchev–Trinajstić information content (AvgIpc) is 3.07. The van der Waals surface area contributed by atoms with E-state index < -0.39 is 5.60 Å². The zero-order valence-electron chi connectivity index (χ0n) is 14.9. The molecular weight excluding hydrogens is 334 g/mol. The maximum atomic E-state index is 12.6. The Morgan fingerprint density at radius 1 is 1.19 bits per heavy atom. The Labute approximate surface area is 151 Å². The largest absolute Gasteiger partial charge is 0.497 e. The highest BCUT2D eigenvalue weighted by molar-refractivity contribution is 6.00. The molecule has 6 nitrogen and oxygen atoms in total. The third kappa shape index (κ3) is 2.85. The molecule has 1 spiro atoms. The minimum Gasteiger partial charge on any atom is -0.497 e. The number of aryl methyl sites for hydroxylation is 1. The zero-order chi connectivity index (χ0) is 18.3. The number of likely N-dealkylation sites (tertiary alicyclic amines) is 1. The standard InChI is InChI=1S/C20H21NO5/c1-13-3-6-17(25-13)19(23)21-9-7-20(8-10-21)12-16(22)15-5-4-14(24-2)11-18(15)26-20/h3-6,11H,7-10,12H2,1-2H3. The number of rotatable bonds is 2. The van der Waals surface area contributed by atoms with E-state index in [1.807, 2.05) is 6.92 Å². The lowest BCUT2D eigenvalue weighted by atomic mass is 9.82. The molecule has 1 aromatic carbocycles. The molecule has 1 fully saturated rings. The van der Waals surface area contributed by atoms with Gasteiger partial charge in [0.05, 0.1) is 19.1 Å². The van der Waals surface area contributed by atoms with Gasteiger partial charge < -0.3 is 18.8 Å². The molecule has 136 valence electrons. The van der Waals surface area contributed by atoms with Gasteiger partial charge in [-0.1, -0.05) is 0 Å². The van der Waals surface area contributed by atoms with Gasteiger partial charge in [0.2, 0.25) is 0 Å². The van der Waals surface area contributed by atoms with Gasteiger partial charge in [0, 0.05) is 32.0 Å². The molecule has 6 heteroatoms. The van der Waals surface area contributed by atoms with E-state index >= 15 is 0 Å². The lowest BCUT2D eigenvalue weighted by molar-refractivity contribution is -0.00654. The van der Waals surface area contributed by atoms with Crippen LogP contribution in [-0.4, -0.2) is 42.4 Å². The van der Waals surface area contributed by atoms with Gasteiger partial charge in [-0.2, -0.15) is 0 Å². The van der Waals surface area contributed by atoms with Crippen molar-refractivity contribution in [2.75, 3.05) is 20.2 Å². The quantitative estimate of drug-likeness (QED) is 0.827. The summed E-state index contributed by atoms with van der Waals surface area (Å²) < 4.78 is 16.9. The number of ether oxygens (including phenoxy) is 2. The molecule has 1 saturated heterocycles. The molecule has 2 aliphatic rings. The number of methoxy groups -OCH3 is 1. The van der Waals surface area contributed by atoms with Crippen LogP contribution in [-0.2, 0) is 0 Å². The summed E-state index contributed by atoms with van der Waals surface area (Å²) in [5.41, 5.74) is 0.0488. The summed E-state index contributed by atoms with van der Waals surface area (Å²) in [6, 6.07) is 8.76. The van der Waals surface area contributed by atoms with E-state index in [-0.39, 0.29) is 11.7 Å². The van der Waals surface area contributed by atoms with Crippen LogP contribution in [0.1, 0.15) is 45.9 Å². The van der Waals surface area contributed by atoms with Crippen molar-refractivity contribution >= 4 is 11.7 Å². The minimum absolute atomic E-state index is 0.0790. The third-order valence-electron chi connectivity index (χ3n) is 5.21. The Bertz CT molecular complexity index is 861. The van der Waals surface area contributed by atoms with Gasteiger partial charge in [-0.15, -0.1) is 0 Å². The fourth-order valence-corrected chi connectivity index (χ4v) is 3.70. The van der Waals surface area contributed by atoms with Gasteiger partial charge in [0.25, 0.3) is 5.91 Å². The molecule has 0 unspecified atom stereocenters. The van der Waals surface area contributed by atoms with Crippen molar-refractivity contribution in [3.05, 3.63) is 47.4 Å². The first-order valence-electron chi connectivity index (χ1n) is 8.76. The zero-order valence-corrected chi connectivity index (χ0v) is 14.9. The molecule has 1 aromatic heterocycles. The Morgan fingerprint density at radius 3 is 2.62 bits per heavy atom. The van der Waals surface area contributed by atoms with E-state index in [1.165, 1.54) is 0 Å². The molecule has 4 rings (SSSR count). The monoisotopic (exact) mass is 355 g/mol. The van der Waals surface area contributed by atoms with Crippen LogP contribution in [0.3, 0.4) is 0 Å². The number of ketones is 1. The molecule has 0 aliphatic carbocycles. The Hall–Kier alpha value is -2.76. The number of Topliss-reactive ketones (excluding diaryl/α,β-unsaturated/α-hetero) is 1. The summed E-state index contributed by atoms with van der Waals surface area (Å²) in [6.07, 6.45) is 1.57. The molecule has 3 heterocycles. The molecule has 26 heavy (non-hydrogen) atoms. The number of piperidine rings is 1. The molecule has 0 radical (unpaired) electrons. The van der Waals surface area contributed by atoms with Crippen LogP contribution in [0.2, 0.25) is 0 Å². The normalized spacial score (nSPS) is 18.4. The van der Waals surface area contributed by atoms with Crippen LogP contribution < -0.4 is 9.47 Å². The molecule has 1 amide bonds. The number of hydrogen-bond donors (Lipinski definition) is 0. The summed E-state index contributed by atoms with van der Waals surface area (Å²) >= 11 is 0. The van der Waals surface area contributed by atoms with E-state index in [4.69, 9.17) is 13.9 Å². The second kappa shape index (κ2) is 6.20. The number of carbonyl (C=O) groups is 2. The van der Waals surface area contributed by atoms with Crippen LogP contribution in [0.25, 0.3) is 0 Å². The maximum Gasteiger partial charge on any atom is 0.289 e. The summed E-state index contributed by atoms with van der Waals surface area (Å²) in [6.45, 7) is 2.88. The second-order valence-corrected chi connectivity index (χ2v) is 6.95. The molecule has 2 aromatic rings. The number of carbonyl (C=O) groups excluding carboxylic acids is 2. The van der Waals surface area contributed by atoms with Crippen molar-refractivity contribution in [3.8, 4) is 11.5 Å². The summed E-state index contributed by atoms with van der Waals surface area (Å²) in [7, 11) is 1.59. The minimum atomic E-state index is -0.549. The van der Waals surface area contributed by atoms with Gasteiger partial charge >= 0.3 is 0 Å². The van der Waals surface area contributed by atoms with E-state index in [0.29, 0.717) is 60.9 Å². The number of fused-ring (bicyclic) bond motifs is 1. The smallest absolute Gasteiger partial charge is 0.289 e. The first-order valence-corrected chi connectivity index (χ1v) is 8.76. The van der Waals surface area contributed by atoms with E-state index in [9.17, 15) is 9.59 Å². The predicted octanol–water partition coefficient (Wildman–Crippen LogP) is 3.24. The van der Waals surface area contributed by atoms with Gasteiger partial charge in [-0.3, -0.25) is 9.59 Å². The van der Waals surface area contributed by atoms with Crippen molar-refractivity contribution in [1.29, 1.82) is 0 Å². The van der Waals surface area contributed by atoms with Crippen molar-refractivity contribution < 1.29 is 23.5 Å². The highest BCUT2D eigenvalue weighted by atomic mass is 16.5. The maximum absolute atomic E-state index is 12.6. The molecular formula is C20H21NO5. The van der Waals surface area contributed by atoms with Crippen LogP contribution in [0.5, 0.6) is 11.5 Å². The Kier molecular flexibility index (Phi) is 3.98. The topological polar surface area (TPSA) is 69.0 Å². The third-order valence-corrected chi connectivity index (χ3v) is 5.21. The number of amides is 1. The molecule has 0 atom stereocenters. The molecule has 0 bridgehead atoms. The van der Waals surface area contributed by atoms with Crippen LogP contribution in [0.15, 0.2) is 34.7 Å². The highest BCUT2D eigenvalue weighted by Crippen LogP contribution is 2.40. The van der Waals surface area contributed by atoms with Crippen molar-refractivity contribution in [3.63, 3.8) is 0 Å². The average molecular weight is 355 g/mol. The van der Waals surface area contributed by atoms with Gasteiger partial charge in [0.1, 0.15) is 22.9 Å². The first kappa shape index (κ1) is 16.7. The second-order valence-electron chi connectivity index (χ2n) is 6.95. The van der Waals surface area contributed by atoms with Crippen LogP contribution in [0.4, 0.5) is 0 Å². The van der Waals surface area contributed by atoms with Crippen molar-refractivity contribution in [2.24, 2.45) is 0 Å². The predicted molar refractivity (Wildman–Crippen MR) is 93.9 cm³/mol. The SMILES string of the molecule is COc1ccc2c(c1)OC1(CCN(C(=O)c3ccc(C)o3)CC1)CC2=O. The van der Waals surface area contributed by atoms with E-state index in [0.717, 1.165) is 0 Å². The first-order chi connectivity index (χ1) is 12.5. The number of nitrogens with zero attached hydrogens (tertiary/aromatic N) is 1. The Balaban J connectivity index is 1.50. The lowest BCUT2D eigenvalue weighted by Crippen LogP contribution is -2.52. The summed E-state index contributed by atoms with van der Waals surface area (Å²) in [4.78, 5) is 26.9. The number of furan rings is 1. The Morgan fingerprint density at radius 2 is 1.96 bits per heavy atom. The number of benzene rings is 1. The highest BCUT2D eigenvalue weighted by Gasteiger charge is 2.44.